The van der Waals surface area contributed by atoms with Crippen LogP contribution in [-0.4, -0.2) is 5.11 Å². The van der Waals surface area contributed by atoms with Crippen LogP contribution in [0.5, 0.6) is 5.75 Å². The number of hydrogen-bond acceptors (Lipinski definition) is 1. The van der Waals surface area contributed by atoms with Gasteiger partial charge in [0.1, 0.15) is 5.75 Å². The van der Waals surface area contributed by atoms with E-state index in [1.54, 1.807) is 24.3 Å². The fraction of sp³-hybridized carbons (Fsp3) is 0. The molecule has 0 fully saturated rings. The van der Waals surface area contributed by atoms with Crippen LogP contribution in [0.2, 0.25) is 0 Å². The van der Waals surface area contributed by atoms with E-state index in [4.69, 9.17) is 5.11 Å². The van der Waals surface area contributed by atoms with Crippen molar-refractivity contribution in [2.75, 3.05) is 0 Å². The maximum atomic E-state index is 9.92. The van der Waals surface area contributed by atoms with Crippen molar-refractivity contribution in [2.24, 2.45) is 0 Å². The van der Waals surface area contributed by atoms with Gasteiger partial charge in [0.25, 0.3) is 0 Å². The zero-order chi connectivity index (χ0) is 10.6. The van der Waals surface area contributed by atoms with Crippen LogP contribution >= 0.6 is 0 Å². The Morgan fingerprint density at radius 3 is 1.31 bits per heavy atom. The van der Waals surface area contributed by atoms with Crippen molar-refractivity contribution in [1.29, 1.82) is 0 Å². The Labute approximate surface area is 74.9 Å². The summed E-state index contributed by atoms with van der Waals surface area (Å²) in [4.78, 5) is 0. The van der Waals surface area contributed by atoms with Gasteiger partial charge in [-0.2, -0.15) is 0 Å². The molecule has 77 valence electrons. The first kappa shape index (κ1) is 12.4. The summed E-state index contributed by atoms with van der Waals surface area (Å²) in [6.45, 7) is 0. The number of aromatic hydroxyl groups is 1. The van der Waals surface area contributed by atoms with E-state index in [9.17, 15) is 15.8 Å². The summed E-state index contributed by atoms with van der Waals surface area (Å²) in [5.74, 6) is 0.322. The van der Waals surface area contributed by atoms with Crippen molar-refractivity contribution in [2.45, 2.75) is 0 Å². The van der Waals surface area contributed by atoms with Gasteiger partial charge in [0.15, 0.2) is 0 Å². The summed E-state index contributed by atoms with van der Waals surface area (Å²) < 4.78 is 49.6. The van der Waals surface area contributed by atoms with Crippen LogP contribution in [0.3, 0.4) is 0 Å². The molecule has 1 rings (SSSR count). The maximum absolute atomic E-state index is 9.92. The van der Waals surface area contributed by atoms with E-state index in [1.165, 1.54) is 0 Å². The van der Waals surface area contributed by atoms with E-state index < -0.39 is 17.4 Å². The Morgan fingerprint density at radius 2 is 1.15 bits per heavy atom. The van der Waals surface area contributed by atoms with Crippen LogP contribution in [0.25, 0.3) is 0 Å². The Bertz CT molecular complexity index is 238. The fourth-order valence-electron chi connectivity index (χ4n) is 0.428. The van der Waals surface area contributed by atoms with Crippen molar-refractivity contribution in [3.63, 3.8) is 0 Å². The van der Waals surface area contributed by atoms with Crippen LogP contribution in [0.15, 0.2) is 30.3 Å². The number of benzene rings is 1. The van der Waals surface area contributed by atoms with Crippen molar-refractivity contribution >= 4 is 0 Å². The molecule has 0 heterocycles. The number of hydrogen-bond donors (Lipinski definition) is 1. The first-order valence-electron chi connectivity index (χ1n) is 2.91. The summed E-state index contributed by atoms with van der Waals surface area (Å²) in [5, 5.41) is 8.63. The third kappa shape index (κ3) is 18.4. The molecule has 0 aliphatic heterocycles. The number of rotatable bonds is 0. The van der Waals surface area contributed by atoms with Gasteiger partial charge in [-0.1, -0.05) is 18.2 Å². The SMILES string of the molecule is Oc1ccccc1.[F][W]([F])([F])([F])[F]. The van der Waals surface area contributed by atoms with E-state index in [2.05, 4.69) is 0 Å². The van der Waals surface area contributed by atoms with Gasteiger partial charge >= 0.3 is 33.2 Å². The Kier molecular flexibility index (Phi) is 3.84. The molecule has 0 saturated heterocycles. The average Bonchev–Trinajstić information content (AvgIpc) is 1.83. The molecular weight excluding hydrogens is 367 g/mol. The molecule has 0 unspecified atom stereocenters. The molecule has 0 bridgehead atoms. The first-order chi connectivity index (χ1) is 5.63. The van der Waals surface area contributed by atoms with Crippen LogP contribution < -0.4 is 0 Å². The molecular formula is C6H6F5OW. The zero-order valence-corrected chi connectivity index (χ0v) is 9.07. The molecule has 0 atom stereocenters. The van der Waals surface area contributed by atoms with E-state index >= 15 is 0 Å². The zero-order valence-electron chi connectivity index (χ0n) is 6.13. The van der Waals surface area contributed by atoms with Crippen molar-refractivity contribution in [3.8, 4) is 5.75 Å². The van der Waals surface area contributed by atoms with Crippen LogP contribution in [0.1, 0.15) is 0 Å². The average molecular weight is 373 g/mol. The molecule has 0 aromatic heterocycles. The van der Waals surface area contributed by atoms with E-state index in [1.807, 2.05) is 6.07 Å². The fourth-order valence-corrected chi connectivity index (χ4v) is 0.428. The molecule has 0 saturated carbocycles. The Hall–Kier alpha value is -0.642. The first-order valence-corrected chi connectivity index (χ1v) is 8.45. The summed E-state index contributed by atoms with van der Waals surface area (Å²) in [6, 6.07) is 8.71. The second-order valence-electron chi connectivity index (χ2n) is 1.92. The Morgan fingerprint density at radius 1 is 0.846 bits per heavy atom. The van der Waals surface area contributed by atoms with Crippen LogP contribution in [0.4, 0.5) is 15.8 Å². The predicted octanol–water partition coefficient (Wildman–Crippen LogP) is 3.49. The van der Waals surface area contributed by atoms with Crippen molar-refractivity contribution in [3.05, 3.63) is 30.3 Å². The monoisotopic (exact) mass is 373 g/mol. The molecule has 0 spiro atoms. The van der Waals surface area contributed by atoms with E-state index in [0.29, 0.717) is 5.75 Å². The molecule has 1 aromatic carbocycles. The van der Waals surface area contributed by atoms with E-state index in [0.717, 1.165) is 0 Å². The van der Waals surface area contributed by atoms with Gasteiger partial charge in [-0.3, -0.25) is 0 Å². The molecule has 13 heavy (non-hydrogen) atoms. The number of halogens is 5. The minimum absolute atomic E-state index is 0.322. The predicted molar refractivity (Wildman–Crippen MR) is 33.6 cm³/mol. The standard InChI is InChI=1S/C6H6O.5FH.W/c7-6-4-2-1-3-5-6;;;;;;/h1-5,7H;5*1H;/q;;;;;;+5/p-5. The minimum atomic E-state index is -9.25. The number of phenolic OH excluding ortho intramolecular Hbond substituents is 1. The van der Waals surface area contributed by atoms with Gasteiger partial charge in [0.2, 0.25) is 0 Å². The van der Waals surface area contributed by atoms with Crippen molar-refractivity contribution in [1.82, 2.24) is 0 Å². The third-order valence-electron chi connectivity index (χ3n) is 0.756. The second kappa shape index (κ2) is 4.04. The number of para-hydroxylation sites is 1. The van der Waals surface area contributed by atoms with Gasteiger partial charge in [0.05, 0.1) is 0 Å². The van der Waals surface area contributed by atoms with E-state index in [-0.39, 0.29) is 0 Å². The van der Waals surface area contributed by atoms with Gasteiger partial charge in [-0.15, -0.1) is 0 Å². The Balaban J connectivity index is 0.000000226. The number of phenols is 1. The second-order valence-corrected chi connectivity index (χ2v) is 6.11. The molecule has 1 aromatic rings. The molecule has 1 N–H and O–H groups in total. The third-order valence-corrected chi connectivity index (χ3v) is 0.756. The topological polar surface area (TPSA) is 20.2 Å². The summed E-state index contributed by atoms with van der Waals surface area (Å²) in [7, 11) is 0. The molecule has 1 nitrogen and oxygen atoms in total. The van der Waals surface area contributed by atoms with Crippen LogP contribution in [0, 0.1) is 0 Å². The normalized spacial score (nSPS) is 13.5. The van der Waals surface area contributed by atoms with Gasteiger partial charge in [-0.05, 0) is 12.1 Å². The van der Waals surface area contributed by atoms with Gasteiger partial charge in [-0.25, -0.2) is 0 Å². The molecule has 0 aliphatic rings. The van der Waals surface area contributed by atoms with Gasteiger partial charge in [0, 0.05) is 0 Å². The quantitative estimate of drug-likeness (QED) is 0.691. The van der Waals surface area contributed by atoms with Gasteiger partial charge < -0.3 is 5.11 Å². The molecule has 0 amide bonds. The summed E-state index contributed by atoms with van der Waals surface area (Å²) in [5.41, 5.74) is 0. The van der Waals surface area contributed by atoms with Crippen LogP contribution in [-0.2, 0) is 17.4 Å². The van der Waals surface area contributed by atoms with Crippen molar-refractivity contribution < 1.29 is 38.3 Å². The molecule has 0 radical (unpaired) electrons. The molecule has 7 heteroatoms. The summed E-state index contributed by atoms with van der Waals surface area (Å²) >= 11 is -9.25. The summed E-state index contributed by atoms with van der Waals surface area (Å²) in [6.07, 6.45) is 0. The molecule has 0 aliphatic carbocycles.